The molecule has 1 aromatic carbocycles. The lowest BCUT2D eigenvalue weighted by Crippen LogP contribution is -2.24. The van der Waals surface area contributed by atoms with Crippen molar-refractivity contribution < 1.29 is 4.79 Å². The third-order valence-corrected chi connectivity index (χ3v) is 3.52. The molecule has 0 saturated carbocycles. The maximum absolute atomic E-state index is 12.1. The quantitative estimate of drug-likeness (QED) is 0.811. The molecule has 0 bridgehead atoms. The molecule has 0 aliphatic carbocycles. The number of anilines is 1. The number of aromatic nitrogens is 2. The average Bonchev–Trinajstić information content (AvgIpc) is 2.54. The molecule has 0 saturated heterocycles. The van der Waals surface area contributed by atoms with Crippen molar-refractivity contribution in [1.29, 1.82) is 0 Å². The van der Waals surface area contributed by atoms with Gasteiger partial charge < -0.3 is 15.5 Å². The van der Waals surface area contributed by atoms with Crippen molar-refractivity contribution >= 4 is 23.3 Å². The van der Waals surface area contributed by atoms with Gasteiger partial charge in [0.25, 0.3) is 5.91 Å². The molecule has 0 atom stereocenters. The van der Waals surface area contributed by atoms with E-state index in [2.05, 4.69) is 25.5 Å². The Bertz CT molecular complexity index is 645. The van der Waals surface area contributed by atoms with Crippen molar-refractivity contribution in [3.63, 3.8) is 0 Å². The summed E-state index contributed by atoms with van der Waals surface area (Å²) >= 11 is 6.05. The van der Waals surface area contributed by atoms with E-state index in [-0.39, 0.29) is 11.6 Å². The predicted octanol–water partition coefficient (Wildman–Crippen LogP) is 2.03. The fourth-order valence-corrected chi connectivity index (χ4v) is 2.05. The molecule has 2 rings (SSSR count). The van der Waals surface area contributed by atoms with Crippen LogP contribution in [0.25, 0.3) is 0 Å². The molecule has 0 aliphatic rings. The summed E-state index contributed by atoms with van der Waals surface area (Å²) in [6, 6.07) is 7.38. The minimum atomic E-state index is -0.280. The molecule has 2 aromatic rings. The van der Waals surface area contributed by atoms with Crippen molar-refractivity contribution in [3.8, 4) is 0 Å². The standard InChI is InChI=1S/C16H20ClN5O/c1-22(2)8-7-18-15-11-19-14(10-20-15)16(23)21-9-12-5-3-4-6-13(12)17/h3-6,10-11H,7-9H2,1-2H3,(H,18,20)(H,21,23). The van der Waals surface area contributed by atoms with Crippen molar-refractivity contribution in [2.75, 3.05) is 32.5 Å². The SMILES string of the molecule is CN(C)CCNc1cnc(C(=O)NCc2ccccc2Cl)cn1. The lowest BCUT2D eigenvalue weighted by molar-refractivity contribution is 0.0945. The number of hydrogen-bond acceptors (Lipinski definition) is 5. The highest BCUT2D eigenvalue weighted by molar-refractivity contribution is 6.31. The van der Waals surface area contributed by atoms with Crippen LogP contribution in [0.3, 0.4) is 0 Å². The Balaban J connectivity index is 1.86. The minimum absolute atomic E-state index is 0.273. The summed E-state index contributed by atoms with van der Waals surface area (Å²) in [6.07, 6.45) is 3.01. The molecule has 6 nitrogen and oxygen atoms in total. The highest BCUT2D eigenvalue weighted by Crippen LogP contribution is 2.14. The molecule has 0 unspecified atom stereocenters. The Morgan fingerprint density at radius 1 is 1.22 bits per heavy atom. The normalized spacial score (nSPS) is 10.6. The van der Waals surface area contributed by atoms with Gasteiger partial charge in [-0.15, -0.1) is 0 Å². The molecule has 0 radical (unpaired) electrons. The van der Waals surface area contributed by atoms with E-state index in [1.165, 1.54) is 6.20 Å². The van der Waals surface area contributed by atoms with E-state index in [1.54, 1.807) is 12.3 Å². The van der Waals surface area contributed by atoms with Crippen LogP contribution in [-0.2, 0) is 6.54 Å². The van der Waals surface area contributed by atoms with E-state index in [9.17, 15) is 4.79 Å². The van der Waals surface area contributed by atoms with Gasteiger partial charge in [0.1, 0.15) is 11.5 Å². The van der Waals surface area contributed by atoms with Crippen LogP contribution in [0.2, 0.25) is 5.02 Å². The lowest BCUT2D eigenvalue weighted by atomic mass is 10.2. The summed E-state index contributed by atoms with van der Waals surface area (Å²) in [5, 5.41) is 6.55. The molecule has 0 spiro atoms. The molecular formula is C16H20ClN5O. The summed E-state index contributed by atoms with van der Waals surface area (Å²) in [6.45, 7) is 2.00. The van der Waals surface area contributed by atoms with E-state index in [4.69, 9.17) is 11.6 Å². The number of hydrogen-bond donors (Lipinski definition) is 2. The highest BCUT2D eigenvalue weighted by Gasteiger charge is 2.08. The van der Waals surface area contributed by atoms with Crippen LogP contribution in [0.5, 0.6) is 0 Å². The van der Waals surface area contributed by atoms with Crippen LogP contribution in [0, 0.1) is 0 Å². The molecule has 1 amide bonds. The average molecular weight is 334 g/mol. The van der Waals surface area contributed by atoms with Gasteiger partial charge >= 0.3 is 0 Å². The number of carbonyl (C=O) groups is 1. The Kier molecular flexibility index (Phi) is 6.31. The van der Waals surface area contributed by atoms with Crippen LogP contribution in [0.4, 0.5) is 5.82 Å². The number of nitrogens with one attached hydrogen (secondary N) is 2. The van der Waals surface area contributed by atoms with E-state index in [0.717, 1.165) is 18.7 Å². The number of halogens is 1. The van der Waals surface area contributed by atoms with Crippen LogP contribution in [0.15, 0.2) is 36.7 Å². The number of nitrogens with zero attached hydrogens (tertiary/aromatic N) is 3. The molecule has 122 valence electrons. The monoisotopic (exact) mass is 333 g/mol. The van der Waals surface area contributed by atoms with Gasteiger partial charge in [-0.1, -0.05) is 29.8 Å². The summed E-state index contributed by atoms with van der Waals surface area (Å²) in [5.41, 5.74) is 1.13. The zero-order valence-electron chi connectivity index (χ0n) is 13.2. The molecule has 7 heteroatoms. The van der Waals surface area contributed by atoms with Crippen LogP contribution < -0.4 is 10.6 Å². The number of carbonyl (C=O) groups excluding carboxylic acids is 1. The number of amides is 1. The summed E-state index contributed by atoms with van der Waals surface area (Å²) in [4.78, 5) is 22.4. The van der Waals surface area contributed by atoms with Crippen molar-refractivity contribution in [2.45, 2.75) is 6.54 Å². The van der Waals surface area contributed by atoms with Crippen molar-refractivity contribution in [2.24, 2.45) is 0 Å². The second-order valence-electron chi connectivity index (χ2n) is 5.29. The Labute approximate surface area is 140 Å². The van der Waals surface area contributed by atoms with E-state index in [0.29, 0.717) is 17.4 Å². The lowest BCUT2D eigenvalue weighted by Gasteiger charge is -2.10. The first-order valence-corrected chi connectivity index (χ1v) is 7.66. The largest absolute Gasteiger partial charge is 0.368 e. The van der Waals surface area contributed by atoms with Gasteiger partial charge in [0.05, 0.1) is 12.4 Å². The molecule has 1 aromatic heterocycles. The zero-order chi connectivity index (χ0) is 16.7. The fraction of sp³-hybridized carbons (Fsp3) is 0.312. The van der Waals surface area contributed by atoms with Gasteiger partial charge in [-0.3, -0.25) is 4.79 Å². The number of likely N-dealkylation sites (N-methyl/N-ethyl adjacent to an activating group) is 1. The van der Waals surface area contributed by atoms with Gasteiger partial charge in [-0.2, -0.15) is 0 Å². The maximum atomic E-state index is 12.1. The van der Waals surface area contributed by atoms with Gasteiger partial charge in [-0.25, -0.2) is 9.97 Å². The summed E-state index contributed by atoms with van der Waals surface area (Å²) < 4.78 is 0. The minimum Gasteiger partial charge on any atom is -0.368 e. The molecule has 2 N–H and O–H groups in total. The Hall–Kier alpha value is -2.18. The molecular weight excluding hydrogens is 314 g/mol. The van der Waals surface area contributed by atoms with E-state index in [1.807, 2.05) is 32.3 Å². The topological polar surface area (TPSA) is 70.2 Å². The van der Waals surface area contributed by atoms with Crippen LogP contribution in [0.1, 0.15) is 16.1 Å². The van der Waals surface area contributed by atoms with E-state index < -0.39 is 0 Å². The number of benzene rings is 1. The summed E-state index contributed by atoms with van der Waals surface area (Å²) in [5.74, 6) is 0.367. The molecule has 0 aliphatic heterocycles. The Morgan fingerprint density at radius 3 is 2.65 bits per heavy atom. The third-order valence-electron chi connectivity index (χ3n) is 3.15. The summed E-state index contributed by atoms with van der Waals surface area (Å²) in [7, 11) is 4.00. The second kappa shape index (κ2) is 8.45. The zero-order valence-corrected chi connectivity index (χ0v) is 14.0. The second-order valence-corrected chi connectivity index (χ2v) is 5.70. The smallest absolute Gasteiger partial charge is 0.271 e. The van der Waals surface area contributed by atoms with Gasteiger partial charge in [0.15, 0.2) is 0 Å². The van der Waals surface area contributed by atoms with Crippen molar-refractivity contribution in [3.05, 3.63) is 52.9 Å². The highest BCUT2D eigenvalue weighted by atomic mass is 35.5. The first kappa shape index (κ1) is 17.2. The van der Waals surface area contributed by atoms with Gasteiger partial charge in [0, 0.05) is 24.7 Å². The maximum Gasteiger partial charge on any atom is 0.271 e. The van der Waals surface area contributed by atoms with Gasteiger partial charge in [-0.05, 0) is 25.7 Å². The predicted molar refractivity (Wildman–Crippen MR) is 91.7 cm³/mol. The fourth-order valence-electron chi connectivity index (χ4n) is 1.85. The molecule has 1 heterocycles. The van der Waals surface area contributed by atoms with Crippen LogP contribution >= 0.6 is 11.6 Å². The first-order valence-electron chi connectivity index (χ1n) is 7.28. The molecule has 23 heavy (non-hydrogen) atoms. The number of rotatable bonds is 7. The Morgan fingerprint density at radius 2 is 2.00 bits per heavy atom. The molecule has 0 fully saturated rings. The van der Waals surface area contributed by atoms with Crippen LogP contribution in [-0.4, -0.2) is 48.0 Å². The first-order chi connectivity index (χ1) is 11.1. The third kappa shape index (κ3) is 5.50. The van der Waals surface area contributed by atoms with E-state index >= 15 is 0 Å². The van der Waals surface area contributed by atoms with Gasteiger partial charge in [0.2, 0.25) is 0 Å². The van der Waals surface area contributed by atoms with Crippen molar-refractivity contribution in [1.82, 2.24) is 20.2 Å².